The zero-order valence-electron chi connectivity index (χ0n) is 15.6. The monoisotopic (exact) mass is 364 g/mol. The predicted molar refractivity (Wildman–Crippen MR) is 108 cm³/mol. The van der Waals surface area contributed by atoms with Crippen molar-refractivity contribution >= 4 is 33.5 Å². The van der Waals surface area contributed by atoms with Gasteiger partial charge in [-0.25, -0.2) is 9.97 Å². The lowest BCUT2D eigenvalue weighted by molar-refractivity contribution is 0.595. The zero-order valence-corrected chi connectivity index (χ0v) is 16.4. The number of aryl methyl sites for hydroxylation is 2. The van der Waals surface area contributed by atoms with Gasteiger partial charge in [0.25, 0.3) is 0 Å². The Kier molecular flexibility index (Phi) is 3.81. The molecule has 2 aromatic carbocycles. The third kappa shape index (κ3) is 2.58. The highest BCUT2D eigenvalue weighted by Crippen LogP contribution is 2.37. The molecule has 0 saturated heterocycles. The molecule has 4 aromatic rings. The molecule has 26 heavy (non-hydrogen) atoms. The van der Waals surface area contributed by atoms with E-state index in [1.54, 1.807) is 0 Å². The van der Waals surface area contributed by atoms with Crippen LogP contribution in [0.4, 0.5) is 0 Å². The summed E-state index contributed by atoms with van der Waals surface area (Å²) in [5, 5.41) is 2.47. The number of benzene rings is 2. The summed E-state index contributed by atoms with van der Waals surface area (Å²) < 4.78 is 6.04. The highest BCUT2D eigenvalue weighted by atomic mass is 35.5. The van der Waals surface area contributed by atoms with Gasteiger partial charge < -0.3 is 4.42 Å². The number of halogens is 1. The van der Waals surface area contributed by atoms with E-state index in [1.165, 1.54) is 0 Å². The Balaban J connectivity index is 2.04. The van der Waals surface area contributed by atoms with E-state index in [0.29, 0.717) is 16.7 Å². The Morgan fingerprint density at radius 2 is 1.69 bits per heavy atom. The van der Waals surface area contributed by atoms with Gasteiger partial charge >= 0.3 is 0 Å². The highest BCUT2D eigenvalue weighted by Gasteiger charge is 2.23. The fourth-order valence-corrected chi connectivity index (χ4v) is 3.71. The van der Waals surface area contributed by atoms with Crippen LogP contribution in [-0.2, 0) is 5.41 Å². The van der Waals surface area contributed by atoms with Gasteiger partial charge in [-0.2, -0.15) is 0 Å². The minimum absolute atomic E-state index is 0.0459. The van der Waals surface area contributed by atoms with Gasteiger partial charge in [0.05, 0.1) is 5.52 Å². The number of hydrogen-bond acceptors (Lipinski definition) is 3. The fourth-order valence-electron chi connectivity index (χ4n) is 3.44. The first-order chi connectivity index (χ1) is 12.3. The van der Waals surface area contributed by atoms with Crippen LogP contribution in [0.5, 0.6) is 0 Å². The molecule has 0 aliphatic carbocycles. The number of aromatic nitrogens is 2. The van der Waals surface area contributed by atoms with Crippen LogP contribution in [0.15, 0.2) is 40.8 Å². The third-order valence-electron chi connectivity index (χ3n) is 4.86. The number of furan rings is 1. The molecule has 3 nitrogen and oxygen atoms in total. The van der Waals surface area contributed by atoms with E-state index >= 15 is 0 Å². The molecule has 0 aliphatic rings. The van der Waals surface area contributed by atoms with Crippen molar-refractivity contribution in [2.45, 2.75) is 40.0 Å². The van der Waals surface area contributed by atoms with Gasteiger partial charge in [0.15, 0.2) is 11.6 Å². The van der Waals surface area contributed by atoms with Crippen molar-refractivity contribution in [1.29, 1.82) is 0 Å². The van der Waals surface area contributed by atoms with Crippen LogP contribution in [-0.4, -0.2) is 9.97 Å². The number of fused-ring (bicyclic) bond motifs is 2. The Morgan fingerprint density at radius 1 is 0.962 bits per heavy atom. The number of para-hydroxylation sites is 1. The summed E-state index contributed by atoms with van der Waals surface area (Å²) in [6.07, 6.45) is 0. The normalized spacial score (nSPS) is 12.2. The lowest BCUT2D eigenvalue weighted by Crippen LogP contribution is -2.13. The van der Waals surface area contributed by atoms with Crippen LogP contribution in [0.25, 0.3) is 33.5 Å². The van der Waals surface area contributed by atoms with Gasteiger partial charge in [-0.3, -0.25) is 0 Å². The van der Waals surface area contributed by atoms with Gasteiger partial charge in [-0.15, -0.1) is 0 Å². The van der Waals surface area contributed by atoms with E-state index in [4.69, 9.17) is 21.0 Å². The molecule has 0 bridgehead atoms. The van der Waals surface area contributed by atoms with E-state index in [9.17, 15) is 0 Å². The maximum absolute atomic E-state index is 6.65. The van der Waals surface area contributed by atoms with Gasteiger partial charge in [-0.05, 0) is 36.5 Å². The molecule has 0 N–H and O–H groups in total. The minimum atomic E-state index is -0.0459. The molecule has 132 valence electrons. The Labute approximate surface area is 158 Å². The maximum atomic E-state index is 6.65. The smallest absolute Gasteiger partial charge is 0.198 e. The molecule has 0 fully saturated rings. The van der Waals surface area contributed by atoms with Crippen molar-refractivity contribution in [3.05, 3.63) is 58.2 Å². The Hall–Kier alpha value is -2.39. The average Bonchev–Trinajstić information content (AvgIpc) is 2.92. The molecule has 2 heterocycles. The van der Waals surface area contributed by atoms with Crippen molar-refractivity contribution in [2.24, 2.45) is 0 Å². The van der Waals surface area contributed by atoms with Crippen LogP contribution >= 0.6 is 11.6 Å². The van der Waals surface area contributed by atoms with E-state index in [1.807, 2.05) is 38.1 Å². The van der Waals surface area contributed by atoms with Gasteiger partial charge in [0.2, 0.25) is 0 Å². The second-order valence-electron chi connectivity index (χ2n) is 7.79. The molecule has 2 aromatic heterocycles. The van der Waals surface area contributed by atoms with E-state index in [-0.39, 0.29) is 5.41 Å². The first-order valence-corrected chi connectivity index (χ1v) is 9.11. The first kappa shape index (κ1) is 17.0. The van der Waals surface area contributed by atoms with Crippen molar-refractivity contribution < 1.29 is 4.42 Å². The fraction of sp³-hybridized carbons (Fsp3) is 0.273. The second-order valence-corrected chi connectivity index (χ2v) is 8.15. The number of rotatable bonds is 1. The predicted octanol–water partition coefficient (Wildman–Crippen LogP) is 6.61. The number of hydrogen-bond donors (Lipinski definition) is 0. The Morgan fingerprint density at radius 3 is 2.38 bits per heavy atom. The van der Waals surface area contributed by atoms with Crippen LogP contribution in [0.1, 0.15) is 37.5 Å². The molecule has 0 aliphatic heterocycles. The molecule has 0 atom stereocenters. The summed E-state index contributed by atoms with van der Waals surface area (Å²) >= 11 is 6.65. The lowest BCUT2D eigenvalue weighted by atomic mass is 9.84. The van der Waals surface area contributed by atoms with Crippen LogP contribution in [0.2, 0.25) is 5.15 Å². The van der Waals surface area contributed by atoms with E-state index in [0.717, 1.165) is 38.6 Å². The summed E-state index contributed by atoms with van der Waals surface area (Å²) in [6.45, 7) is 10.6. The topological polar surface area (TPSA) is 38.9 Å². The summed E-state index contributed by atoms with van der Waals surface area (Å²) in [7, 11) is 0. The second kappa shape index (κ2) is 5.82. The largest absolute Gasteiger partial charge is 0.452 e. The molecular weight excluding hydrogens is 344 g/mol. The Bertz CT molecular complexity index is 1150. The molecule has 0 saturated carbocycles. The average molecular weight is 365 g/mol. The molecular formula is C22H21ClN2O. The highest BCUT2D eigenvalue weighted by molar-refractivity contribution is 6.34. The lowest BCUT2D eigenvalue weighted by Gasteiger charge is -2.22. The number of nitrogens with zero attached hydrogens (tertiary/aromatic N) is 2. The summed E-state index contributed by atoms with van der Waals surface area (Å²) in [5.41, 5.74) is 4.92. The summed E-state index contributed by atoms with van der Waals surface area (Å²) in [5.74, 6) is 1.21. The molecule has 0 amide bonds. The minimum Gasteiger partial charge on any atom is -0.452 e. The quantitative estimate of drug-likeness (QED) is 0.356. The van der Waals surface area contributed by atoms with Crippen LogP contribution in [0.3, 0.4) is 0 Å². The molecule has 0 unspecified atom stereocenters. The maximum Gasteiger partial charge on any atom is 0.198 e. The van der Waals surface area contributed by atoms with Gasteiger partial charge in [-0.1, -0.05) is 62.7 Å². The SMILES string of the molecule is Cc1c(-c2nc(Cl)c3c(C(C)(C)C)ccc(C)c3n2)oc2ccccc12. The van der Waals surface area contributed by atoms with Crippen LogP contribution < -0.4 is 0 Å². The van der Waals surface area contributed by atoms with Gasteiger partial charge in [0.1, 0.15) is 10.7 Å². The first-order valence-electron chi connectivity index (χ1n) is 8.73. The molecule has 4 heteroatoms. The van der Waals surface area contributed by atoms with Crippen molar-refractivity contribution in [2.75, 3.05) is 0 Å². The molecule has 4 rings (SSSR count). The van der Waals surface area contributed by atoms with Crippen molar-refractivity contribution in [3.8, 4) is 11.6 Å². The standard InChI is InChI=1S/C22H21ClN2O/c1-12-10-11-15(22(3,4)5)17-18(12)24-21(25-20(17)23)19-13(2)14-8-6-7-9-16(14)26-19/h6-11H,1-5H3. The third-order valence-corrected chi connectivity index (χ3v) is 5.14. The zero-order chi connectivity index (χ0) is 18.6. The van der Waals surface area contributed by atoms with E-state index < -0.39 is 0 Å². The summed E-state index contributed by atoms with van der Waals surface area (Å²) in [6, 6.07) is 12.2. The summed E-state index contributed by atoms with van der Waals surface area (Å²) in [4.78, 5) is 9.45. The molecule has 0 radical (unpaired) electrons. The van der Waals surface area contributed by atoms with Crippen LogP contribution in [0, 0.1) is 13.8 Å². The van der Waals surface area contributed by atoms with Gasteiger partial charge in [0, 0.05) is 16.3 Å². The van der Waals surface area contributed by atoms with E-state index in [2.05, 4.69) is 37.9 Å². The van der Waals surface area contributed by atoms with Crippen molar-refractivity contribution in [1.82, 2.24) is 9.97 Å². The van der Waals surface area contributed by atoms with Crippen molar-refractivity contribution in [3.63, 3.8) is 0 Å². The molecule has 0 spiro atoms.